The second-order valence-corrected chi connectivity index (χ2v) is 5.42. The van der Waals surface area contributed by atoms with Gasteiger partial charge in [-0.25, -0.2) is 15.0 Å². The van der Waals surface area contributed by atoms with Crippen LogP contribution >= 0.6 is 0 Å². The van der Waals surface area contributed by atoms with E-state index in [0.29, 0.717) is 18.6 Å². The Labute approximate surface area is 128 Å². The predicted molar refractivity (Wildman–Crippen MR) is 75.0 cm³/mol. The van der Waals surface area contributed by atoms with Crippen LogP contribution in [0.25, 0.3) is 11.2 Å². The van der Waals surface area contributed by atoms with E-state index in [1.54, 1.807) is 12.3 Å². The summed E-state index contributed by atoms with van der Waals surface area (Å²) in [5, 5.41) is 0. The number of furan rings is 1. The molecule has 120 valence electrons. The van der Waals surface area contributed by atoms with E-state index in [9.17, 15) is 13.2 Å². The second kappa shape index (κ2) is 4.97. The van der Waals surface area contributed by atoms with Crippen molar-refractivity contribution < 1.29 is 17.6 Å². The Morgan fingerprint density at radius 2 is 2.17 bits per heavy atom. The molecule has 0 spiro atoms. The van der Waals surface area contributed by atoms with Crippen LogP contribution in [0.5, 0.6) is 0 Å². The minimum Gasteiger partial charge on any atom is -0.469 e. The molecule has 0 radical (unpaired) electrons. The Balaban J connectivity index is 1.72. The molecule has 1 N–H and O–H groups in total. The molecule has 1 fully saturated rings. The zero-order valence-corrected chi connectivity index (χ0v) is 11.8. The average Bonchev–Trinajstić information content (AvgIpc) is 3.24. The fourth-order valence-corrected chi connectivity index (χ4v) is 2.88. The predicted octanol–water partition coefficient (Wildman–Crippen LogP) is 2.96. The van der Waals surface area contributed by atoms with E-state index in [-0.39, 0.29) is 17.4 Å². The van der Waals surface area contributed by atoms with Gasteiger partial charge in [-0.2, -0.15) is 13.2 Å². The van der Waals surface area contributed by atoms with Crippen LogP contribution in [-0.4, -0.2) is 33.0 Å². The Morgan fingerprint density at radius 3 is 2.91 bits per heavy atom. The van der Waals surface area contributed by atoms with Gasteiger partial charge in [0.15, 0.2) is 11.5 Å². The van der Waals surface area contributed by atoms with Crippen LogP contribution < -0.4 is 4.90 Å². The van der Waals surface area contributed by atoms with E-state index in [4.69, 9.17) is 4.42 Å². The Bertz CT molecular complexity index is 827. The first-order valence-corrected chi connectivity index (χ1v) is 7.09. The number of nitrogens with one attached hydrogen (secondary N) is 1. The van der Waals surface area contributed by atoms with Gasteiger partial charge in [0.1, 0.15) is 11.3 Å². The van der Waals surface area contributed by atoms with Gasteiger partial charge in [0.05, 0.1) is 12.6 Å². The van der Waals surface area contributed by atoms with E-state index in [2.05, 4.69) is 19.9 Å². The highest BCUT2D eigenvalue weighted by Crippen LogP contribution is 2.35. The third-order valence-electron chi connectivity index (χ3n) is 3.95. The fraction of sp³-hybridized carbons (Fsp3) is 0.357. The maximum Gasteiger partial charge on any atom is 0.451 e. The van der Waals surface area contributed by atoms with Crippen molar-refractivity contribution in [3.63, 3.8) is 0 Å². The maximum absolute atomic E-state index is 13.0. The molecule has 3 aromatic rings. The molecule has 1 unspecified atom stereocenters. The molecular formula is C14H12F3N5O. The van der Waals surface area contributed by atoms with Gasteiger partial charge in [0, 0.05) is 19.0 Å². The summed E-state index contributed by atoms with van der Waals surface area (Å²) in [6, 6.07) is 3.68. The van der Waals surface area contributed by atoms with Crippen LogP contribution in [0, 0.1) is 0 Å². The van der Waals surface area contributed by atoms with Gasteiger partial charge < -0.3 is 14.3 Å². The van der Waals surface area contributed by atoms with Crippen LogP contribution in [0.15, 0.2) is 29.1 Å². The largest absolute Gasteiger partial charge is 0.469 e. The van der Waals surface area contributed by atoms with E-state index < -0.39 is 12.0 Å². The number of aromatic nitrogens is 4. The number of hydrogen-bond acceptors (Lipinski definition) is 5. The number of fused-ring (bicyclic) bond motifs is 1. The van der Waals surface area contributed by atoms with Crippen molar-refractivity contribution in [2.45, 2.75) is 18.5 Å². The first-order valence-electron chi connectivity index (χ1n) is 7.09. The minimum atomic E-state index is -4.61. The summed E-state index contributed by atoms with van der Waals surface area (Å²) in [5.74, 6) is 0.0214. The van der Waals surface area contributed by atoms with Gasteiger partial charge in [-0.1, -0.05) is 0 Å². The number of alkyl halides is 3. The molecule has 1 saturated heterocycles. The Morgan fingerprint density at radius 1 is 1.30 bits per heavy atom. The summed E-state index contributed by atoms with van der Waals surface area (Å²) in [5.41, 5.74) is 0.432. The van der Waals surface area contributed by atoms with Crippen LogP contribution in [0.4, 0.5) is 19.0 Å². The van der Waals surface area contributed by atoms with Gasteiger partial charge in [0.25, 0.3) is 0 Å². The zero-order valence-electron chi connectivity index (χ0n) is 11.8. The summed E-state index contributed by atoms with van der Waals surface area (Å²) in [4.78, 5) is 15.7. The SMILES string of the molecule is FC(F)(F)c1nc(N2CCC(c3ccco3)C2)c2[nH]cnc2n1. The number of rotatable bonds is 2. The van der Waals surface area contributed by atoms with E-state index in [1.807, 2.05) is 11.0 Å². The number of halogens is 3. The van der Waals surface area contributed by atoms with Gasteiger partial charge in [-0.15, -0.1) is 0 Å². The van der Waals surface area contributed by atoms with Crippen molar-refractivity contribution >= 4 is 17.0 Å². The molecule has 1 atom stereocenters. The van der Waals surface area contributed by atoms with Gasteiger partial charge in [-0.3, -0.25) is 0 Å². The molecule has 1 aliphatic rings. The molecule has 4 rings (SSSR count). The van der Waals surface area contributed by atoms with Crippen molar-refractivity contribution in [3.05, 3.63) is 36.3 Å². The summed E-state index contributed by atoms with van der Waals surface area (Å²) < 4.78 is 44.4. The van der Waals surface area contributed by atoms with E-state index in [0.717, 1.165) is 12.2 Å². The third-order valence-corrected chi connectivity index (χ3v) is 3.95. The van der Waals surface area contributed by atoms with Crippen LogP contribution in [0.1, 0.15) is 23.9 Å². The molecule has 0 aliphatic carbocycles. The zero-order chi connectivity index (χ0) is 16.0. The lowest BCUT2D eigenvalue weighted by Gasteiger charge is -2.18. The lowest BCUT2D eigenvalue weighted by atomic mass is 10.1. The first-order chi connectivity index (χ1) is 11.0. The number of anilines is 1. The molecule has 0 bridgehead atoms. The summed E-state index contributed by atoms with van der Waals surface area (Å²) in [6.07, 6.45) is -0.906. The lowest BCUT2D eigenvalue weighted by molar-refractivity contribution is -0.144. The van der Waals surface area contributed by atoms with Crippen molar-refractivity contribution in [2.24, 2.45) is 0 Å². The average molecular weight is 323 g/mol. The van der Waals surface area contributed by atoms with Crippen molar-refractivity contribution in [2.75, 3.05) is 18.0 Å². The smallest absolute Gasteiger partial charge is 0.451 e. The molecule has 0 saturated carbocycles. The molecular weight excluding hydrogens is 311 g/mol. The minimum absolute atomic E-state index is 0.0174. The molecule has 4 heterocycles. The number of imidazole rings is 1. The molecule has 6 nitrogen and oxygen atoms in total. The topological polar surface area (TPSA) is 70.8 Å². The maximum atomic E-state index is 13.0. The number of hydrogen-bond donors (Lipinski definition) is 1. The third kappa shape index (κ3) is 2.41. The van der Waals surface area contributed by atoms with Gasteiger partial charge in [0.2, 0.25) is 5.82 Å². The standard InChI is InChI=1S/C14H12F3N5O/c15-14(16,17)13-20-11-10(18-7-19-11)12(21-13)22-4-3-8(6-22)9-2-1-5-23-9/h1-2,5,7-8H,3-4,6H2,(H,18,19,20,21). The highest BCUT2D eigenvalue weighted by molar-refractivity contribution is 5.83. The van der Waals surface area contributed by atoms with Crippen LogP contribution in [-0.2, 0) is 6.18 Å². The summed E-state index contributed by atoms with van der Waals surface area (Å²) in [7, 11) is 0. The summed E-state index contributed by atoms with van der Waals surface area (Å²) >= 11 is 0. The quantitative estimate of drug-likeness (QED) is 0.785. The molecule has 0 aromatic carbocycles. The highest BCUT2D eigenvalue weighted by atomic mass is 19.4. The normalized spacial score (nSPS) is 18.9. The van der Waals surface area contributed by atoms with Gasteiger partial charge in [-0.05, 0) is 18.6 Å². The fourth-order valence-electron chi connectivity index (χ4n) is 2.88. The second-order valence-electron chi connectivity index (χ2n) is 5.42. The summed E-state index contributed by atoms with van der Waals surface area (Å²) in [6.45, 7) is 1.13. The van der Waals surface area contributed by atoms with E-state index in [1.165, 1.54) is 6.33 Å². The van der Waals surface area contributed by atoms with Gasteiger partial charge >= 0.3 is 6.18 Å². The number of H-pyrrole nitrogens is 1. The molecule has 9 heteroatoms. The number of nitrogens with zero attached hydrogens (tertiary/aromatic N) is 4. The molecule has 1 aliphatic heterocycles. The van der Waals surface area contributed by atoms with Crippen molar-refractivity contribution in [1.29, 1.82) is 0 Å². The van der Waals surface area contributed by atoms with Crippen molar-refractivity contribution in [1.82, 2.24) is 19.9 Å². The molecule has 0 amide bonds. The lowest BCUT2D eigenvalue weighted by Crippen LogP contribution is -2.23. The molecule has 3 aromatic heterocycles. The Hall–Kier alpha value is -2.58. The van der Waals surface area contributed by atoms with E-state index >= 15 is 0 Å². The number of aromatic amines is 1. The first kappa shape index (κ1) is 14.0. The van der Waals surface area contributed by atoms with Crippen molar-refractivity contribution in [3.8, 4) is 0 Å². The highest BCUT2D eigenvalue weighted by Gasteiger charge is 2.37. The Kier molecular flexibility index (Phi) is 3.03. The van der Waals surface area contributed by atoms with Crippen LogP contribution in [0.2, 0.25) is 0 Å². The molecule has 23 heavy (non-hydrogen) atoms. The monoisotopic (exact) mass is 323 g/mol. The van der Waals surface area contributed by atoms with Crippen LogP contribution in [0.3, 0.4) is 0 Å².